The molecule has 0 bridgehead atoms. The third kappa shape index (κ3) is 38.4. The number of rotatable bonds is 54. The molecule has 2 fully saturated rings. The fourth-order valence-corrected chi connectivity index (χ4v) is 10.8. The maximum atomic E-state index is 13.3. The predicted octanol–water partition coefficient (Wildman–Crippen LogP) is 13.1. The molecule has 0 radical (unpaired) electrons. The average molecular weight is 1170 g/mol. The number of unbranched alkanes of at least 4 members (excludes halogenated alkanes) is 29. The van der Waals surface area contributed by atoms with Gasteiger partial charge in [0.2, 0.25) is 5.91 Å². The zero-order valence-corrected chi connectivity index (χ0v) is 52.2. The number of aliphatic hydroxyl groups is 8. The number of nitrogens with one attached hydrogen (secondary N) is 1. The lowest BCUT2D eigenvalue weighted by atomic mass is 9.97. The standard InChI is InChI=1S/C69H123NO13/c1-3-5-7-9-11-13-15-16-17-18-19-20-21-22-23-24-25-26-27-28-29-30-31-32-33-34-35-36-37-38-39-40-41-42-43-45-47-49-51-53-61(74)70-57(58(73)52-50-48-46-44-14-12-10-8-6-4-2)56-80-68-66(79)64(77)67(60(55-72)82-68)83-69-65(78)63(76)62(75)59(54-71)81-69/h5,7,11,13,16-17,19-20,22-23,25-26,57-60,62-69,71-73,75-79H,3-4,6,8-10,12,14-15,18,21,24,27-56H2,1-2H3,(H,70,74)/b7-5-,13-11-,17-16-,20-19-,23-22-,26-25-. The number of aliphatic hydroxyl groups excluding tert-OH is 8. The van der Waals surface area contributed by atoms with Crippen molar-refractivity contribution in [1.29, 1.82) is 0 Å². The van der Waals surface area contributed by atoms with E-state index in [1.807, 2.05) is 0 Å². The van der Waals surface area contributed by atoms with Gasteiger partial charge in [-0.25, -0.2) is 0 Å². The fourth-order valence-electron chi connectivity index (χ4n) is 10.8. The fraction of sp³-hybridized carbons (Fsp3) is 0.812. The summed E-state index contributed by atoms with van der Waals surface area (Å²) in [6.07, 6.45) is 55.2. The number of carbonyl (C=O) groups excluding carboxylic acids is 1. The van der Waals surface area contributed by atoms with E-state index in [9.17, 15) is 45.6 Å². The molecule has 14 nitrogen and oxygen atoms in total. The molecule has 12 atom stereocenters. The molecule has 0 aromatic heterocycles. The molecule has 2 rings (SSSR count). The van der Waals surface area contributed by atoms with E-state index in [-0.39, 0.29) is 12.5 Å². The first kappa shape index (κ1) is 76.5. The molecule has 2 saturated heterocycles. The molecule has 0 aromatic rings. The van der Waals surface area contributed by atoms with E-state index in [1.54, 1.807) is 0 Å². The van der Waals surface area contributed by atoms with Crippen LogP contribution in [-0.4, -0.2) is 140 Å². The number of allylic oxidation sites excluding steroid dienone is 12. The van der Waals surface area contributed by atoms with Gasteiger partial charge in [-0.1, -0.05) is 267 Å². The Balaban J connectivity index is 1.54. The average Bonchev–Trinajstić information content (AvgIpc) is 3.47. The minimum Gasteiger partial charge on any atom is -0.394 e. The minimum atomic E-state index is -1.78. The summed E-state index contributed by atoms with van der Waals surface area (Å²) in [6.45, 7) is 2.73. The summed E-state index contributed by atoms with van der Waals surface area (Å²) in [5, 5.41) is 87.2. The molecule has 83 heavy (non-hydrogen) atoms. The third-order valence-electron chi connectivity index (χ3n) is 16.2. The van der Waals surface area contributed by atoms with Crippen molar-refractivity contribution in [2.75, 3.05) is 19.8 Å². The first-order valence-corrected chi connectivity index (χ1v) is 33.7. The van der Waals surface area contributed by atoms with Crippen LogP contribution in [0, 0.1) is 0 Å². The molecule has 0 saturated carbocycles. The van der Waals surface area contributed by atoms with Crippen LogP contribution in [0.2, 0.25) is 0 Å². The normalized spacial score (nSPS) is 24.3. The second-order valence-electron chi connectivity index (χ2n) is 23.6. The van der Waals surface area contributed by atoms with E-state index in [0.717, 1.165) is 89.9 Å². The van der Waals surface area contributed by atoms with Crippen LogP contribution < -0.4 is 5.32 Å². The summed E-state index contributed by atoms with van der Waals surface area (Å²) in [5.41, 5.74) is 0. The molecule has 2 aliphatic rings. The molecule has 9 N–H and O–H groups in total. The highest BCUT2D eigenvalue weighted by Gasteiger charge is 2.51. The number of hydrogen-bond acceptors (Lipinski definition) is 13. The minimum absolute atomic E-state index is 0.207. The molecule has 14 heteroatoms. The van der Waals surface area contributed by atoms with E-state index < -0.39 is 86.8 Å². The zero-order valence-electron chi connectivity index (χ0n) is 52.2. The van der Waals surface area contributed by atoms with Crippen molar-refractivity contribution in [1.82, 2.24) is 5.32 Å². The van der Waals surface area contributed by atoms with Crippen molar-refractivity contribution >= 4 is 5.91 Å². The van der Waals surface area contributed by atoms with Crippen molar-refractivity contribution in [3.8, 4) is 0 Å². The first-order valence-electron chi connectivity index (χ1n) is 33.7. The van der Waals surface area contributed by atoms with Gasteiger partial charge in [-0.2, -0.15) is 0 Å². The smallest absolute Gasteiger partial charge is 0.220 e. The Hall–Kier alpha value is -2.57. The van der Waals surface area contributed by atoms with Crippen molar-refractivity contribution < 1.29 is 64.6 Å². The Morgan fingerprint density at radius 3 is 1.28 bits per heavy atom. The zero-order chi connectivity index (χ0) is 60.2. The predicted molar refractivity (Wildman–Crippen MR) is 337 cm³/mol. The molecule has 2 heterocycles. The van der Waals surface area contributed by atoms with Crippen LogP contribution in [0.3, 0.4) is 0 Å². The van der Waals surface area contributed by atoms with Crippen molar-refractivity contribution in [3.05, 3.63) is 72.9 Å². The van der Waals surface area contributed by atoms with Gasteiger partial charge in [0.05, 0.1) is 32.0 Å². The number of ether oxygens (including phenoxy) is 4. The van der Waals surface area contributed by atoms with Crippen molar-refractivity contribution in [2.45, 2.75) is 338 Å². The van der Waals surface area contributed by atoms with Gasteiger partial charge >= 0.3 is 0 Å². The van der Waals surface area contributed by atoms with Gasteiger partial charge in [-0.05, 0) is 64.2 Å². The maximum absolute atomic E-state index is 13.3. The lowest BCUT2D eigenvalue weighted by Gasteiger charge is -2.46. The Kier molecular flexibility index (Phi) is 49.5. The van der Waals surface area contributed by atoms with Gasteiger partial charge in [-0.3, -0.25) is 4.79 Å². The highest BCUT2D eigenvalue weighted by Crippen LogP contribution is 2.30. The summed E-state index contributed by atoms with van der Waals surface area (Å²) >= 11 is 0. The van der Waals surface area contributed by atoms with Crippen molar-refractivity contribution in [2.24, 2.45) is 0 Å². The Morgan fingerprint density at radius 1 is 0.446 bits per heavy atom. The summed E-state index contributed by atoms with van der Waals surface area (Å²) in [5.74, 6) is -0.207. The van der Waals surface area contributed by atoms with Crippen LogP contribution in [0.1, 0.15) is 264 Å². The van der Waals surface area contributed by atoms with Crippen molar-refractivity contribution in [3.63, 3.8) is 0 Å². The summed E-state index contributed by atoms with van der Waals surface area (Å²) in [6, 6.07) is -0.827. The van der Waals surface area contributed by atoms with Gasteiger partial charge in [0, 0.05) is 6.42 Å². The summed E-state index contributed by atoms with van der Waals surface area (Å²) < 4.78 is 22.8. The Labute approximate surface area is 504 Å². The van der Waals surface area contributed by atoms with Crippen LogP contribution in [0.15, 0.2) is 72.9 Å². The number of carbonyl (C=O) groups is 1. The quantitative estimate of drug-likeness (QED) is 0.0204. The van der Waals surface area contributed by atoms with E-state index in [1.165, 1.54) is 148 Å². The van der Waals surface area contributed by atoms with Crippen LogP contribution in [0.4, 0.5) is 0 Å². The topological polar surface area (TPSA) is 228 Å². The molecular weight excluding hydrogens is 1050 g/mol. The van der Waals surface area contributed by atoms with E-state index in [0.29, 0.717) is 12.8 Å². The molecule has 0 aromatic carbocycles. The molecule has 1 amide bonds. The summed E-state index contributed by atoms with van der Waals surface area (Å²) in [7, 11) is 0. The van der Waals surface area contributed by atoms with Gasteiger partial charge in [0.25, 0.3) is 0 Å². The molecule has 0 aliphatic carbocycles. The van der Waals surface area contributed by atoms with E-state index in [4.69, 9.17) is 18.9 Å². The molecule has 12 unspecified atom stereocenters. The van der Waals surface area contributed by atoms with E-state index >= 15 is 0 Å². The van der Waals surface area contributed by atoms with Gasteiger partial charge < -0.3 is 65.1 Å². The monoisotopic (exact) mass is 1170 g/mol. The Bertz CT molecular complexity index is 1670. The maximum Gasteiger partial charge on any atom is 0.220 e. The second kappa shape index (κ2) is 53.7. The highest BCUT2D eigenvalue weighted by molar-refractivity contribution is 5.76. The number of amides is 1. The van der Waals surface area contributed by atoms with Crippen LogP contribution in [0.25, 0.3) is 0 Å². The van der Waals surface area contributed by atoms with Crippen LogP contribution >= 0.6 is 0 Å². The lowest BCUT2D eigenvalue weighted by molar-refractivity contribution is -0.359. The lowest BCUT2D eigenvalue weighted by Crippen LogP contribution is -2.65. The molecule has 0 spiro atoms. The first-order chi connectivity index (χ1) is 40.6. The largest absolute Gasteiger partial charge is 0.394 e. The Morgan fingerprint density at radius 2 is 0.831 bits per heavy atom. The molecule has 2 aliphatic heterocycles. The highest BCUT2D eigenvalue weighted by atomic mass is 16.7. The number of hydrogen-bond donors (Lipinski definition) is 9. The second-order valence-corrected chi connectivity index (χ2v) is 23.6. The van der Waals surface area contributed by atoms with E-state index in [2.05, 4.69) is 92.1 Å². The third-order valence-corrected chi connectivity index (χ3v) is 16.2. The van der Waals surface area contributed by atoms with Crippen LogP contribution in [-0.2, 0) is 23.7 Å². The molecule has 482 valence electrons. The van der Waals surface area contributed by atoms with Crippen LogP contribution in [0.5, 0.6) is 0 Å². The van der Waals surface area contributed by atoms with Gasteiger partial charge in [-0.15, -0.1) is 0 Å². The van der Waals surface area contributed by atoms with Gasteiger partial charge in [0.1, 0.15) is 48.8 Å². The van der Waals surface area contributed by atoms with Gasteiger partial charge in [0.15, 0.2) is 12.6 Å². The SMILES string of the molecule is CC/C=C\C/C=C\C/C=C\C/C=C\C/C=C\C/C=C\CCCCCCCCCCCCCCCCCCCCCCC(=O)NC(COC1OC(CO)C(OC2OC(CO)C(O)C(O)C2O)C(O)C1O)C(O)CCCCCCCCCCCC. The summed E-state index contributed by atoms with van der Waals surface area (Å²) in [4.78, 5) is 13.3. The molecular formula is C69H123NO13.